The van der Waals surface area contributed by atoms with E-state index in [0.717, 1.165) is 18.8 Å². The van der Waals surface area contributed by atoms with Gasteiger partial charge in [-0.2, -0.15) is 0 Å². The Hall–Kier alpha value is -0.530. The smallest absolute Gasteiger partial charge is 0.303 e. The lowest BCUT2D eigenvalue weighted by Crippen LogP contribution is -2.02. The summed E-state index contributed by atoms with van der Waals surface area (Å²) in [5, 5.41) is 8.63. The number of carboxylic acids is 1. The van der Waals surface area contributed by atoms with Crippen LogP contribution in [0.4, 0.5) is 0 Å². The van der Waals surface area contributed by atoms with Gasteiger partial charge in [0.05, 0.1) is 0 Å². The number of unbranched alkanes of at least 4 members (excludes halogenated alkanes) is 7. The fraction of sp³-hybridized carbons (Fsp3) is 0.944. The first-order valence-corrected chi connectivity index (χ1v) is 8.92. The van der Waals surface area contributed by atoms with Crippen molar-refractivity contribution in [3.05, 3.63) is 0 Å². The van der Waals surface area contributed by atoms with E-state index in [2.05, 4.69) is 13.8 Å². The highest BCUT2D eigenvalue weighted by atomic mass is 16.4. The maximum atomic E-state index is 10.5. The molecule has 0 radical (unpaired) electrons. The molecule has 0 amide bonds. The van der Waals surface area contributed by atoms with Crippen LogP contribution < -0.4 is 0 Å². The second-order valence-corrected chi connectivity index (χ2v) is 6.20. The monoisotopic (exact) mass is 284 g/mol. The Morgan fingerprint density at radius 1 is 0.750 bits per heavy atom. The minimum atomic E-state index is -0.650. The van der Waals surface area contributed by atoms with E-state index in [-0.39, 0.29) is 0 Å². The van der Waals surface area contributed by atoms with Gasteiger partial charge in [0.25, 0.3) is 0 Å². The van der Waals surface area contributed by atoms with Crippen LogP contribution in [0, 0.1) is 5.92 Å². The molecule has 0 heterocycles. The van der Waals surface area contributed by atoms with Crippen LogP contribution in [0.5, 0.6) is 0 Å². The lowest BCUT2D eigenvalue weighted by molar-refractivity contribution is -0.137. The number of aliphatic carboxylic acids is 1. The zero-order valence-corrected chi connectivity index (χ0v) is 13.8. The standard InChI is InChI=1S/C18H36O2/c1-3-5-7-8-10-14-17(13-6-4-2)15-11-9-12-16-18(19)20/h17H,3-16H2,1-2H3,(H,19,20). The molecule has 0 saturated heterocycles. The zero-order chi connectivity index (χ0) is 15.1. The minimum absolute atomic E-state index is 0.344. The number of carboxylic acid groups (broad SMARTS) is 1. The van der Waals surface area contributed by atoms with Crippen molar-refractivity contribution in [2.45, 2.75) is 104 Å². The molecule has 1 unspecified atom stereocenters. The summed E-state index contributed by atoms with van der Waals surface area (Å²) in [6, 6.07) is 0. The third-order valence-corrected chi connectivity index (χ3v) is 4.18. The lowest BCUT2D eigenvalue weighted by atomic mass is 9.90. The quantitative estimate of drug-likeness (QED) is 0.364. The molecule has 0 aromatic rings. The highest BCUT2D eigenvalue weighted by Gasteiger charge is 2.08. The van der Waals surface area contributed by atoms with E-state index in [1.54, 1.807) is 0 Å². The number of hydrogen-bond acceptors (Lipinski definition) is 1. The normalized spacial score (nSPS) is 12.5. The van der Waals surface area contributed by atoms with E-state index in [0.29, 0.717) is 6.42 Å². The molecular weight excluding hydrogens is 248 g/mol. The van der Waals surface area contributed by atoms with E-state index in [9.17, 15) is 4.79 Å². The van der Waals surface area contributed by atoms with E-state index in [1.807, 2.05) is 0 Å². The van der Waals surface area contributed by atoms with E-state index >= 15 is 0 Å². The molecule has 0 aromatic carbocycles. The topological polar surface area (TPSA) is 37.3 Å². The van der Waals surface area contributed by atoms with Crippen molar-refractivity contribution in [3.63, 3.8) is 0 Å². The summed E-state index contributed by atoms with van der Waals surface area (Å²) in [5.74, 6) is 0.241. The molecule has 2 heteroatoms. The fourth-order valence-electron chi connectivity index (χ4n) is 2.85. The van der Waals surface area contributed by atoms with Crippen molar-refractivity contribution < 1.29 is 9.90 Å². The highest BCUT2D eigenvalue weighted by Crippen LogP contribution is 2.23. The molecule has 0 aliphatic heterocycles. The van der Waals surface area contributed by atoms with E-state index < -0.39 is 5.97 Å². The molecule has 0 aliphatic rings. The van der Waals surface area contributed by atoms with Crippen molar-refractivity contribution >= 4 is 5.97 Å². The molecule has 0 rings (SSSR count). The molecule has 0 spiro atoms. The molecular formula is C18H36O2. The van der Waals surface area contributed by atoms with Gasteiger partial charge in [0.2, 0.25) is 0 Å². The van der Waals surface area contributed by atoms with Gasteiger partial charge < -0.3 is 5.11 Å². The summed E-state index contributed by atoms with van der Waals surface area (Å²) in [6.07, 6.45) is 17.1. The molecule has 0 aromatic heterocycles. The average molecular weight is 284 g/mol. The fourth-order valence-corrected chi connectivity index (χ4v) is 2.85. The van der Waals surface area contributed by atoms with Gasteiger partial charge in [-0.15, -0.1) is 0 Å². The largest absolute Gasteiger partial charge is 0.481 e. The maximum absolute atomic E-state index is 10.5. The molecule has 20 heavy (non-hydrogen) atoms. The van der Waals surface area contributed by atoms with Crippen molar-refractivity contribution in [2.75, 3.05) is 0 Å². The molecule has 0 fully saturated rings. The second-order valence-electron chi connectivity index (χ2n) is 6.20. The Kier molecular flexibility index (Phi) is 14.5. The Bertz CT molecular complexity index is 213. The molecule has 120 valence electrons. The van der Waals surface area contributed by atoms with Gasteiger partial charge in [0.15, 0.2) is 0 Å². The predicted octanol–water partition coefficient (Wildman–Crippen LogP) is 6.19. The van der Waals surface area contributed by atoms with Crippen LogP contribution in [0.1, 0.15) is 104 Å². The Morgan fingerprint density at radius 2 is 1.25 bits per heavy atom. The summed E-state index contributed by atoms with van der Waals surface area (Å²) in [6.45, 7) is 4.53. The van der Waals surface area contributed by atoms with Crippen LogP contribution in [0.25, 0.3) is 0 Å². The molecule has 1 N–H and O–H groups in total. The Labute approximate surface area is 126 Å². The highest BCUT2D eigenvalue weighted by molar-refractivity contribution is 5.66. The molecule has 2 nitrogen and oxygen atoms in total. The molecule has 0 saturated carbocycles. The summed E-state index contributed by atoms with van der Waals surface area (Å²) in [5.41, 5.74) is 0. The number of carbonyl (C=O) groups is 1. The molecule has 0 aliphatic carbocycles. The summed E-state index contributed by atoms with van der Waals surface area (Å²) in [7, 11) is 0. The van der Waals surface area contributed by atoms with E-state index in [1.165, 1.54) is 70.6 Å². The maximum Gasteiger partial charge on any atom is 0.303 e. The Balaban J connectivity index is 3.64. The number of rotatable bonds is 15. The third-order valence-electron chi connectivity index (χ3n) is 4.18. The zero-order valence-electron chi connectivity index (χ0n) is 13.8. The first kappa shape index (κ1) is 19.5. The Morgan fingerprint density at radius 3 is 1.80 bits per heavy atom. The van der Waals surface area contributed by atoms with Crippen molar-refractivity contribution in [3.8, 4) is 0 Å². The van der Waals surface area contributed by atoms with Crippen LogP contribution >= 0.6 is 0 Å². The molecule has 0 bridgehead atoms. The second kappa shape index (κ2) is 14.9. The van der Waals surface area contributed by atoms with Gasteiger partial charge in [-0.1, -0.05) is 90.9 Å². The van der Waals surface area contributed by atoms with Gasteiger partial charge in [0.1, 0.15) is 0 Å². The summed E-state index contributed by atoms with van der Waals surface area (Å²) >= 11 is 0. The van der Waals surface area contributed by atoms with Crippen LogP contribution in [0.3, 0.4) is 0 Å². The van der Waals surface area contributed by atoms with E-state index in [4.69, 9.17) is 5.11 Å². The van der Waals surface area contributed by atoms with Crippen molar-refractivity contribution in [1.82, 2.24) is 0 Å². The van der Waals surface area contributed by atoms with Gasteiger partial charge >= 0.3 is 5.97 Å². The van der Waals surface area contributed by atoms with Crippen molar-refractivity contribution in [2.24, 2.45) is 5.92 Å². The number of hydrogen-bond donors (Lipinski definition) is 1. The minimum Gasteiger partial charge on any atom is -0.481 e. The van der Waals surface area contributed by atoms with Crippen LogP contribution in [-0.4, -0.2) is 11.1 Å². The predicted molar refractivity (Wildman–Crippen MR) is 87.1 cm³/mol. The summed E-state index contributed by atoms with van der Waals surface area (Å²) < 4.78 is 0. The van der Waals surface area contributed by atoms with Gasteiger partial charge in [0, 0.05) is 6.42 Å². The first-order valence-electron chi connectivity index (χ1n) is 8.92. The van der Waals surface area contributed by atoms with Crippen molar-refractivity contribution in [1.29, 1.82) is 0 Å². The SMILES string of the molecule is CCCCCCCC(CCCC)CCCCCC(=O)O. The van der Waals surface area contributed by atoms with Gasteiger partial charge in [-0.3, -0.25) is 4.79 Å². The average Bonchev–Trinajstić information content (AvgIpc) is 2.42. The van der Waals surface area contributed by atoms with Gasteiger partial charge in [-0.05, 0) is 12.3 Å². The van der Waals surface area contributed by atoms with Crippen LogP contribution in [-0.2, 0) is 4.79 Å². The third kappa shape index (κ3) is 13.9. The summed E-state index contributed by atoms with van der Waals surface area (Å²) in [4.78, 5) is 10.5. The van der Waals surface area contributed by atoms with Gasteiger partial charge in [-0.25, -0.2) is 0 Å². The first-order chi connectivity index (χ1) is 9.70. The molecule has 1 atom stereocenters. The lowest BCUT2D eigenvalue weighted by Gasteiger charge is -2.16. The van der Waals surface area contributed by atoms with Crippen LogP contribution in [0.2, 0.25) is 0 Å². The van der Waals surface area contributed by atoms with Crippen LogP contribution in [0.15, 0.2) is 0 Å².